The number of phenolic OH excluding ortho intramolecular Hbond substituents is 1. The van der Waals surface area contributed by atoms with Crippen molar-refractivity contribution in [2.45, 2.75) is 13.0 Å². The maximum Gasteiger partial charge on any atom is 0.407 e. The highest BCUT2D eigenvalue weighted by molar-refractivity contribution is 5.67. The smallest absolute Gasteiger partial charge is 0.407 e. The Kier molecular flexibility index (Phi) is 6.06. The molecule has 0 fully saturated rings. The summed E-state index contributed by atoms with van der Waals surface area (Å²) in [7, 11) is 0. The fourth-order valence-electron chi connectivity index (χ4n) is 1.93. The van der Waals surface area contributed by atoms with E-state index in [1.807, 2.05) is 42.5 Å². The molecule has 0 aromatic heterocycles. The van der Waals surface area contributed by atoms with Gasteiger partial charge >= 0.3 is 6.09 Å². The zero-order valence-corrected chi connectivity index (χ0v) is 12.7. The molecule has 1 amide bonds. The van der Waals surface area contributed by atoms with Crippen LogP contribution in [0.25, 0.3) is 6.08 Å². The van der Waals surface area contributed by atoms with Gasteiger partial charge in [-0.25, -0.2) is 4.79 Å². The molecule has 2 aromatic rings. The molecule has 0 heterocycles. The van der Waals surface area contributed by atoms with Gasteiger partial charge in [0.1, 0.15) is 12.4 Å². The lowest BCUT2D eigenvalue weighted by Gasteiger charge is -2.06. The van der Waals surface area contributed by atoms with E-state index in [4.69, 9.17) is 10.5 Å². The van der Waals surface area contributed by atoms with Crippen molar-refractivity contribution >= 4 is 17.9 Å². The van der Waals surface area contributed by atoms with Gasteiger partial charge in [0.05, 0.1) is 5.69 Å². The number of carbonyl (C=O) groups excluding carboxylic acids is 1. The van der Waals surface area contributed by atoms with Gasteiger partial charge in [0.25, 0.3) is 0 Å². The van der Waals surface area contributed by atoms with E-state index in [2.05, 4.69) is 5.32 Å². The van der Waals surface area contributed by atoms with E-state index >= 15 is 0 Å². The normalized spacial score (nSPS) is 10.6. The third-order valence-electron chi connectivity index (χ3n) is 3.15. The van der Waals surface area contributed by atoms with Gasteiger partial charge in [0, 0.05) is 6.54 Å². The standard InChI is InChI=1S/C18H20N2O3/c19-16-12-14(9-10-17(16)21)6-4-5-11-20-18(22)23-13-15-7-2-1-3-8-15/h1-4,6-10,12,21H,5,11,13,19H2,(H,20,22). The predicted octanol–water partition coefficient (Wildman–Crippen LogP) is 3.30. The number of anilines is 1. The molecule has 0 atom stereocenters. The van der Waals surface area contributed by atoms with Crippen LogP contribution in [-0.4, -0.2) is 17.7 Å². The largest absolute Gasteiger partial charge is 0.506 e. The van der Waals surface area contributed by atoms with E-state index in [1.165, 1.54) is 0 Å². The van der Waals surface area contributed by atoms with Crippen LogP contribution in [0.2, 0.25) is 0 Å². The van der Waals surface area contributed by atoms with Crippen molar-refractivity contribution in [2.75, 3.05) is 12.3 Å². The number of carbonyl (C=O) groups is 1. The lowest BCUT2D eigenvalue weighted by atomic mass is 10.1. The van der Waals surface area contributed by atoms with E-state index in [1.54, 1.807) is 18.2 Å². The SMILES string of the molecule is Nc1cc(C=CCCNC(=O)OCc2ccccc2)ccc1O. The summed E-state index contributed by atoms with van der Waals surface area (Å²) in [4.78, 5) is 11.5. The van der Waals surface area contributed by atoms with Crippen LogP contribution in [-0.2, 0) is 11.3 Å². The highest BCUT2D eigenvalue weighted by Gasteiger charge is 2.00. The van der Waals surface area contributed by atoms with E-state index in [-0.39, 0.29) is 12.4 Å². The van der Waals surface area contributed by atoms with Gasteiger partial charge in [-0.2, -0.15) is 0 Å². The van der Waals surface area contributed by atoms with Crippen molar-refractivity contribution in [1.82, 2.24) is 5.32 Å². The van der Waals surface area contributed by atoms with E-state index < -0.39 is 6.09 Å². The van der Waals surface area contributed by atoms with Crippen molar-refractivity contribution in [2.24, 2.45) is 0 Å². The number of benzene rings is 2. The van der Waals surface area contributed by atoms with Crippen LogP contribution in [0.1, 0.15) is 17.5 Å². The Morgan fingerprint density at radius 1 is 1.22 bits per heavy atom. The minimum Gasteiger partial charge on any atom is -0.506 e. The lowest BCUT2D eigenvalue weighted by molar-refractivity contribution is 0.140. The summed E-state index contributed by atoms with van der Waals surface area (Å²) in [5.74, 6) is 0.0741. The number of nitrogen functional groups attached to an aromatic ring is 1. The summed E-state index contributed by atoms with van der Waals surface area (Å²) in [5.41, 5.74) is 7.80. The molecule has 2 aromatic carbocycles. The first-order valence-electron chi connectivity index (χ1n) is 7.35. The van der Waals surface area contributed by atoms with Crippen LogP contribution in [0, 0.1) is 0 Å². The summed E-state index contributed by atoms with van der Waals surface area (Å²) in [5, 5.41) is 12.0. The highest BCUT2D eigenvalue weighted by Crippen LogP contribution is 2.21. The quantitative estimate of drug-likeness (QED) is 0.434. The minimum absolute atomic E-state index is 0.0741. The number of nitrogens with two attached hydrogens (primary N) is 1. The minimum atomic E-state index is -0.434. The molecule has 0 aliphatic carbocycles. The van der Waals surface area contributed by atoms with Gasteiger partial charge < -0.3 is 20.9 Å². The fourth-order valence-corrected chi connectivity index (χ4v) is 1.93. The molecule has 0 aliphatic heterocycles. The second kappa shape index (κ2) is 8.48. The second-order valence-corrected chi connectivity index (χ2v) is 5.00. The molecule has 0 saturated carbocycles. The first-order chi connectivity index (χ1) is 11.1. The van der Waals surface area contributed by atoms with Gasteiger partial charge in [-0.3, -0.25) is 0 Å². The number of aromatic hydroxyl groups is 1. The number of ether oxygens (including phenoxy) is 1. The third-order valence-corrected chi connectivity index (χ3v) is 3.15. The van der Waals surface area contributed by atoms with Gasteiger partial charge in [-0.15, -0.1) is 0 Å². The van der Waals surface area contributed by atoms with E-state index in [9.17, 15) is 9.90 Å². The first-order valence-corrected chi connectivity index (χ1v) is 7.35. The molecule has 0 aliphatic rings. The van der Waals surface area contributed by atoms with Crippen LogP contribution >= 0.6 is 0 Å². The molecule has 0 spiro atoms. The van der Waals surface area contributed by atoms with Crippen LogP contribution in [0.4, 0.5) is 10.5 Å². The molecule has 23 heavy (non-hydrogen) atoms. The molecule has 4 N–H and O–H groups in total. The molecular formula is C18H20N2O3. The molecule has 0 bridgehead atoms. The van der Waals surface area contributed by atoms with E-state index in [0.717, 1.165) is 11.1 Å². The average Bonchev–Trinajstić information content (AvgIpc) is 2.57. The first kappa shape index (κ1) is 16.4. The summed E-state index contributed by atoms with van der Waals surface area (Å²) in [6.07, 6.45) is 4.04. The van der Waals surface area contributed by atoms with Gasteiger partial charge in [0.15, 0.2) is 0 Å². The Hall–Kier alpha value is -2.95. The number of hydrogen-bond acceptors (Lipinski definition) is 4. The zero-order valence-electron chi connectivity index (χ0n) is 12.7. The summed E-state index contributed by atoms with van der Waals surface area (Å²) in [6, 6.07) is 14.5. The number of phenols is 1. The Morgan fingerprint density at radius 2 is 2.00 bits per heavy atom. The van der Waals surface area contributed by atoms with Gasteiger partial charge in [-0.1, -0.05) is 48.6 Å². The molecule has 0 radical (unpaired) electrons. The van der Waals surface area contributed by atoms with Crippen molar-refractivity contribution in [3.8, 4) is 5.75 Å². The Labute approximate surface area is 135 Å². The molecule has 5 heteroatoms. The van der Waals surface area contributed by atoms with Gasteiger partial charge in [-0.05, 0) is 29.7 Å². The van der Waals surface area contributed by atoms with Crippen molar-refractivity contribution < 1.29 is 14.6 Å². The molecule has 2 rings (SSSR count). The lowest BCUT2D eigenvalue weighted by Crippen LogP contribution is -2.24. The Bertz CT molecular complexity index is 669. The fraction of sp³-hybridized carbons (Fsp3) is 0.167. The number of rotatable bonds is 6. The number of hydrogen-bond donors (Lipinski definition) is 3. The van der Waals surface area contributed by atoms with Crippen molar-refractivity contribution in [3.63, 3.8) is 0 Å². The third kappa shape index (κ3) is 5.74. The molecular weight excluding hydrogens is 292 g/mol. The average molecular weight is 312 g/mol. The number of nitrogens with one attached hydrogen (secondary N) is 1. The summed E-state index contributed by atoms with van der Waals surface area (Å²) >= 11 is 0. The monoisotopic (exact) mass is 312 g/mol. The maximum absolute atomic E-state index is 11.5. The second-order valence-electron chi connectivity index (χ2n) is 5.00. The van der Waals surface area contributed by atoms with Crippen molar-refractivity contribution in [3.05, 3.63) is 65.7 Å². The molecule has 0 saturated heterocycles. The molecule has 0 unspecified atom stereocenters. The predicted molar refractivity (Wildman–Crippen MR) is 90.8 cm³/mol. The van der Waals surface area contributed by atoms with Gasteiger partial charge in [0.2, 0.25) is 0 Å². The number of amides is 1. The van der Waals surface area contributed by atoms with Crippen molar-refractivity contribution in [1.29, 1.82) is 0 Å². The van der Waals surface area contributed by atoms with Crippen LogP contribution < -0.4 is 11.1 Å². The highest BCUT2D eigenvalue weighted by atomic mass is 16.5. The summed E-state index contributed by atoms with van der Waals surface area (Å²) in [6.45, 7) is 0.743. The summed E-state index contributed by atoms with van der Waals surface area (Å²) < 4.78 is 5.10. The Balaban J connectivity index is 1.65. The maximum atomic E-state index is 11.5. The van der Waals surface area contributed by atoms with Crippen LogP contribution in [0.3, 0.4) is 0 Å². The zero-order chi connectivity index (χ0) is 16.5. The topological polar surface area (TPSA) is 84.6 Å². The molecule has 5 nitrogen and oxygen atoms in total. The van der Waals surface area contributed by atoms with Crippen LogP contribution in [0.15, 0.2) is 54.6 Å². The molecule has 120 valence electrons. The van der Waals surface area contributed by atoms with E-state index in [0.29, 0.717) is 18.7 Å². The Morgan fingerprint density at radius 3 is 2.74 bits per heavy atom. The van der Waals surface area contributed by atoms with Crippen LogP contribution in [0.5, 0.6) is 5.75 Å². The number of alkyl carbamates (subject to hydrolysis) is 1.